The van der Waals surface area contributed by atoms with Gasteiger partial charge in [0.05, 0.1) is 18.7 Å². The van der Waals surface area contributed by atoms with E-state index >= 15 is 0 Å². The van der Waals surface area contributed by atoms with Gasteiger partial charge in [-0.3, -0.25) is 0 Å². The van der Waals surface area contributed by atoms with Gasteiger partial charge >= 0.3 is 0 Å². The molecule has 0 spiro atoms. The Morgan fingerprint density at radius 3 is 2.57 bits per heavy atom. The molecule has 0 aliphatic heterocycles. The molecular weight excluding hydrogens is 318 g/mol. The Labute approximate surface area is 135 Å². The second kappa shape index (κ2) is 7.64. The minimum atomic E-state index is -3.65. The summed E-state index contributed by atoms with van der Waals surface area (Å²) in [5, 5.41) is 8.97. The fourth-order valence-electron chi connectivity index (χ4n) is 2.06. The number of hydrogen-bond acceptors (Lipinski definition) is 6. The average molecular weight is 339 g/mol. The molecule has 0 saturated carbocycles. The second-order valence-electron chi connectivity index (χ2n) is 5.15. The molecule has 9 heteroatoms. The summed E-state index contributed by atoms with van der Waals surface area (Å²) in [5.74, 6) is 0.754. The van der Waals surface area contributed by atoms with Crippen LogP contribution in [0.25, 0.3) is 10.9 Å². The largest absolute Gasteiger partial charge is 0.378 e. The molecule has 0 bridgehead atoms. The Morgan fingerprint density at radius 1 is 1.13 bits per heavy atom. The third-order valence-electron chi connectivity index (χ3n) is 3.34. The molecule has 4 N–H and O–H groups in total. The lowest BCUT2D eigenvalue weighted by Gasteiger charge is -2.10. The van der Waals surface area contributed by atoms with Gasteiger partial charge in [-0.25, -0.2) is 19.8 Å². The van der Waals surface area contributed by atoms with Crippen molar-refractivity contribution in [2.75, 3.05) is 31.6 Å². The molecule has 8 nitrogen and oxygen atoms in total. The fourth-order valence-corrected chi connectivity index (χ4v) is 2.42. The van der Waals surface area contributed by atoms with Crippen LogP contribution < -0.4 is 15.2 Å². The van der Waals surface area contributed by atoms with Crippen LogP contribution in [-0.2, 0) is 14.9 Å². The van der Waals surface area contributed by atoms with Crippen molar-refractivity contribution in [2.24, 2.45) is 5.14 Å². The molecule has 2 aromatic rings. The predicted molar refractivity (Wildman–Crippen MR) is 89.4 cm³/mol. The van der Waals surface area contributed by atoms with Crippen LogP contribution in [0.1, 0.15) is 11.1 Å². The van der Waals surface area contributed by atoms with E-state index in [1.807, 2.05) is 19.9 Å². The summed E-state index contributed by atoms with van der Waals surface area (Å²) in [5.41, 5.74) is 3.26. The monoisotopic (exact) mass is 339 g/mol. The van der Waals surface area contributed by atoms with Crippen molar-refractivity contribution < 1.29 is 13.2 Å². The Balaban J connectivity index is 1.84. The summed E-state index contributed by atoms with van der Waals surface area (Å²) in [4.78, 5) is 8.53. The van der Waals surface area contributed by atoms with Gasteiger partial charge in [-0.2, -0.15) is 8.42 Å². The molecule has 0 unspecified atom stereocenters. The molecule has 0 radical (unpaired) electrons. The molecule has 0 atom stereocenters. The van der Waals surface area contributed by atoms with Crippen molar-refractivity contribution in [1.82, 2.24) is 14.7 Å². The number of benzene rings is 1. The summed E-state index contributed by atoms with van der Waals surface area (Å²) in [6.45, 7) is 5.46. The van der Waals surface area contributed by atoms with Gasteiger partial charge in [-0.05, 0) is 37.1 Å². The highest BCUT2D eigenvalue weighted by Gasteiger charge is 2.05. The summed E-state index contributed by atoms with van der Waals surface area (Å²) >= 11 is 0. The van der Waals surface area contributed by atoms with Gasteiger partial charge in [-0.15, -0.1) is 0 Å². The second-order valence-corrected chi connectivity index (χ2v) is 6.53. The third-order valence-corrected chi connectivity index (χ3v) is 3.95. The van der Waals surface area contributed by atoms with E-state index in [0.29, 0.717) is 13.2 Å². The highest BCUT2D eigenvalue weighted by Crippen LogP contribution is 2.22. The van der Waals surface area contributed by atoms with Crippen LogP contribution in [-0.4, -0.2) is 44.7 Å². The Bertz CT molecular complexity index is 779. The number of aryl methyl sites for hydroxylation is 2. The van der Waals surface area contributed by atoms with Crippen molar-refractivity contribution >= 4 is 26.9 Å². The zero-order chi connectivity index (χ0) is 16.9. The summed E-state index contributed by atoms with van der Waals surface area (Å²) in [6.07, 6.45) is 1.52. The molecule has 23 heavy (non-hydrogen) atoms. The lowest BCUT2D eigenvalue weighted by atomic mass is 10.1. The van der Waals surface area contributed by atoms with E-state index in [1.54, 1.807) is 0 Å². The number of nitrogens with one attached hydrogen (secondary N) is 2. The quantitative estimate of drug-likeness (QED) is 0.601. The van der Waals surface area contributed by atoms with Crippen LogP contribution in [0.5, 0.6) is 0 Å². The SMILES string of the molecule is Cc1cc2ncnc(NCCOCCNS(N)(=O)=O)c2cc1C. The van der Waals surface area contributed by atoms with Crippen molar-refractivity contribution in [3.05, 3.63) is 29.6 Å². The lowest BCUT2D eigenvalue weighted by molar-refractivity contribution is 0.149. The van der Waals surface area contributed by atoms with Crippen LogP contribution in [0.2, 0.25) is 0 Å². The molecule has 1 aromatic heterocycles. The van der Waals surface area contributed by atoms with Gasteiger partial charge in [0, 0.05) is 18.5 Å². The normalized spacial score (nSPS) is 11.8. The van der Waals surface area contributed by atoms with E-state index in [-0.39, 0.29) is 13.2 Å². The average Bonchev–Trinajstić information content (AvgIpc) is 2.47. The van der Waals surface area contributed by atoms with Crippen molar-refractivity contribution in [3.63, 3.8) is 0 Å². The van der Waals surface area contributed by atoms with Crippen LogP contribution >= 0.6 is 0 Å². The number of aromatic nitrogens is 2. The van der Waals surface area contributed by atoms with Crippen molar-refractivity contribution in [1.29, 1.82) is 0 Å². The minimum Gasteiger partial charge on any atom is -0.378 e. The first-order chi connectivity index (χ1) is 10.9. The van der Waals surface area contributed by atoms with Gasteiger partial charge in [-0.1, -0.05) is 0 Å². The third kappa shape index (κ3) is 5.39. The topological polar surface area (TPSA) is 119 Å². The standard InChI is InChI=1S/C14H21N5O3S/c1-10-7-12-13(8-11(10)2)17-9-18-14(12)16-3-5-22-6-4-19-23(15,20)21/h7-9,19H,3-6H2,1-2H3,(H2,15,20,21)(H,16,17,18). The van der Waals surface area contributed by atoms with Crippen molar-refractivity contribution in [2.45, 2.75) is 13.8 Å². The number of ether oxygens (including phenoxy) is 1. The lowest BCUT2D eigenvalue weighted by Crippen LogP contribution is -2.33. The molecule has 2 rings (SSSR count). The summed E-state index contributed by atoms with van der Waals surface area (Å²) < 4.78 is 28.8. The molecule has 1 heterocycles. The molecule has 0 saturated heterocycles. The maximum atomic E-state index is 10.7. The Morgan fingerprint density at radius 2 is 1.83 bits per heavy atom. The number of anilines is 1. The first kappa shape index (κ1) is 17.5. The number of nitrogens with zero attached hydrogens (tertiary/aromatic N) is 2. The smallest absolute Gasteiger partial charge is 0.274 e. The Hall–Kier alpha value is -1.81. The number of rotatable bonds is 8. The minimum absolute atomic E-state index is 0.147. The van der Waals surface area contributed by atoms with Crippen LogP contribution in [0.4, 0.5) is 5.82 Å². The van der Waals surface area contributed by atoms with Crippen molar-refractivity contribution in [3.8, 4) is 0 Å². The van der Waals surface area contributed by atoms with Crippen LogP contribution in [0, 0.1) is 13.8 Å². The highest BCUT2D eigenvalue weighted by molar-refractivity contribution is 7.87. The van der Waals surface area contributed by atoms with E-state index in [1.165, 1.54) is 17.5 Å². The van der Waals surface area contributed by atoms with E-state index in [2.05, 4.69) is 26.1 Å². The van der Waals surface area contributed by atoms with Gasteiger partial charge in [0.2, 0.25) is 0 Å². The molecule has 0 aliphatic carbocycles. The molecule has 1 aromatic carbocycles. The maximum Gasteiger partial charge on any atom is 0.274 e. The summed E-state index contributed by atoms with van der Waals surface area (Å²) in [7, 11) is -3.65. The molecule has 126 valence electrons. The van der Waals surface area contributed by atoms with Gasteiger partial charge in [0.1, 0.15) is 12.1 Å². The van der Waals surface area contributed by atoms with Crippen LogP contribution in [0.3, 0.4) is 0 Å². The zero-order valence-corrected chi connectivity index (χ0v) is 14.0. The van der Waals surface area contributed by atoms with E-state index in [4.69, 9.17) is 9.88 Å². The maximum absolute atomic E-state index is 10.7. The molecule has 0 fully saturated rings. The summed E-state index contributed by atoms with van der Waals surface area (Å²) in [6, 6.07) is 4.09. The van der Waals surface area contributed by atoms with E-state index in [0.717, 1.165) is 16.7 Å². The predicted octanol–water partition coefficient (Wildman–Crippen LogP) is 0.468. The van der Waals surface area contributed by atoms with Gasteiger partial charge in [0.25, 0.3) is 10.2 Å². The number of hydrogen-bond donors (Lipinski definition) is 3. The first-order valence-corrected chi connectivity index (χ1v) is 8.72. The fraction of sp³-hybridized carbons (Fsp3) is 0.429. The van der Waals surface area contributed by atoms with Gasteiger partial charge in [0.15, 0.2) is 0 Å². The van der Waals surface area contributed by atoms with Gasteiger partial charge < -0.3 is 10.1 Å². The first-order valence-electron chi connectivity index (χ1n) is 7.18. The number of fused-ring (bicyclic) bond motifs is 1. The van der Waals surface area contributed by atoms with E-state index in [9.17, 15) is 8.42 Å². The van der Waals surface area contributed by atoms with E-state index < -0.39 is 10.2 Å². The molecule has 0 amide bonds. The highest BCUT2D eigenvalue weighted by atomic mass is 32.2. The molecule has 0 aliphatic rings. The number of nitrogens with two attached hydrogens (primary N) is 1. The Kier molecular flexibility index (Phi) is 5.83. The molecular formula is C14H21N5O3S. The zero-order valence-electron chi connectivity index (χ0n) is 13.2. The van der Waals surface area contributed by atoms with Crippen LogP contribution in [0.15, 0.2) is 18.5 Å².